The van der Waals surface area contributed by atoms with Crippen molar-refractivity contribution in [2.24, 2.45) is 0 Å². The Morgan fingerprint density at radius 2 is 1.40 bits per heavy atom. The largest absolute Gasteiger partial charge is 0.493 e. The van der Waals surface area contributed by atoms with E-state index in [0.717, 1.165) is 21.0 Å². The van der Waals surface area contributed by atoms with Gasteiger partial charge < -0.3 is 19.7 Å². The van der Waals surface area contributed by atoms with Crippen LogP contribution in [0.2, 0.25) is 0 Å². The van der Waals surface area contributed by atoms with Gasteiger partial charge in [0.1, 0.15) is 12.6 Å². The molecular formula is C37H43N3O6S. The zero-order valence-corrected chi connectivity index (χ0v) is 28.6. The molecule has 0 unspecified atom stereocenters. The highest BCUT2D eigenvalue weighted by Crippen LogP contribution is 2.34. The molecule has 0 radical (unpaired) electrons. The number of benzene rings is 4. The first-order valence-corrected chi connectivity index (χ1v) is 16.8. The van der Waals surface area contributed by atoms with Gasteiger partial charge in [0.25, 0.3) is 10.0 Å². The maximum Gasteiger partial charge on any atom is 0.264 e. The number of nitrogens with one attached hydrogen (secondary N) is 1. The van der Waals surface area contributed by atoms with Crippen molar-refractivity contribution >= 4 is 27.5 Å². The average molecular weight is 658 g/mol. The van der Waals surface area contributed by atoms with Gasteiger partial charge in [-0.1, -0.05) is 78.4 Å². The standard InChI is InChI=1S/C37H43N3O6S/c1-27-14-13-17-29(22-27)25-39(32(36(42)38-37(2,3)4)23-28-15-9-7-10-16-28)35(41)26-40(47(43,44)31-18-11-8-12-19-31)30-20-21-33(45-5)34(24-30)46-6/h7-22,24,32H,23,25-26H2,1-6H3,(H,38,42)/t32-/m0/s1. The zero-order valence-electron chi connectivity index (χ0n) is 27.8. The molecule has 0 aliphatic rings. The van der Waals surface area contributed by atoms with Crippen LogP contribution in [0.5, 0.6) is 11.5 Å². The normalized spacial score (nSPS) is 12.1. The minimum atomic E-state index is -4.25. The third-order valence-electron chi connectivity index (χ3n) is 7.47. The monoisotopic (exact) mass is 657 g/mol. The molecule has 1 N–H and O–H groups in total. The summed E-state index contributed by atoms with van der Waals surface area (Å²) in [4.78, 5) is 30.2. The second kappa shape index (κ2) is 15.2. The average Bonchev–Trinajstić information content (AvgIpc) is 3.04. The summed E-state index contributed by atoms with van der Waals surface area (Å²) in [6.07, 6.45) is 0.224. The Bertz CT molecular complexity index is 1770. The minimum absolute atomic E-state index is 0.0131. The Hall–Kier alpha value is -4.83. The van der Waals surface area contributed by atoms with E-state index in [1.807, 2.05) is 82.3 Å². The fourth-order valence-corrected chi connectivity index (χ4v) is 6.67. The summed E-state index contributed by atoms with van der Waals surface area (Å²) in [5.41, 5.74) is 2.29. The highest BCUT2D eigenvalue weighted by molar-refractivity contribution is 7.92. The summed E-state index contributed by atoms with van der Waals surface area (Å²) < 4.78 is 40.4. The summed E-state index contributed by atoms with van der Waals surface area (Å²) in [7, 11) is -1.31. The molecule has 9 nitrogen and oxygen atoms in total. The van der Waals surface area contributed by atoms with Gasteiger partial charge in [-0.15, -0.1) is 0 Å². The van der Waals surface area contributed by atoms with Crippen LogP contribution < -0.4 is 19.1 Å². The lowest BCUT2D eigenvalue weighted by Gasteiger charge is -2.35. The molecule has 4 aromatic rings. The summed E-state index contributed by atoms with van der Waals surface area (Å²) in [5.74, 6) is -0.187. The van der Waals surface area contributed by atoms with Gasteiger partial charge in [-0.3, -0.25) is 13.9 Å². The van der Waals surface area contributed by atoms with E-state index in [2.05, 4.69) is 5.32 Å². The molecule has 0 saturated heterocycles. The van der Waals surface area contributed by atoms with Crippen molar-refractivity contribution in [1.82, 2.24) is 10.2 Å². The Balaban J connectivity index is 1.85. The predicted octanol–water partition coefficient (Wildman–Crippen LogP) is 5.76. The van der Waals surface area contributed by atoms with Crippen LogP contribution in [0.3, 0.4) is 0 Å². The van der Waals surface area contributed by atoms with E-state index in [0.29, 0.717) is 11.5 Å². The highest BCUT2D eigenvalue weighted by Gasteiger charge is 2.36. The molecule has 1 atom stereocenters. The van der Waals surface area contributed by atoms with Crippen molar-refractivity contribution in [2.45, 2.75) is 57.1 Å². The van der Waals surface area contributed by atoms with Crippen molar-refractivity contribution < 1.29 is 27.5 Å². The number of carbonyl (C=O) groups is 2. The molecule has 2 amide bonds. The molecule has 0 aliphatic carbocycles. The maximum absolute atomic E-state index is 14.7. The van der Waals surface area contributed by atoms with E-state index in [-0.39, 0.29) is 29.5 Å². The number of methoxy groups -OCH3 is 2. The lowest BCUT2D eigenvalue weighted by Crippen LogP contribution is -2.56. The Kier molecular flexibility index (Phi) is 11.3. The SMILES string of the molecule is COc1ccc(N(CC(=O)N(Cc2cccc(C)c2)[C@@H](Cc2ccccc2)C(=O)NC(C)(C)C)S(=O)(=O)c2ccccc2)cc1OC. The van der Waals surface area contributed by atoms with Crippen molar-refractivity contribution in [3.63, 3.8) is 0 Å². The van der Waals surface area contributed by atoms with E-state index in [1.165, 1.54) is 37.3 Å². The van der Waals surface area contributed by atoms with Gasteiger partial charge in [-0.2, -0.15) is 0 Å². The smallest absolute Gasteiger partial charge is 0.264 e. The number of hydrogen-bond acceptors (Lipinski definition) is 6. The number of anilines is 1. The van der Waals surface area contributed by atoms with Crippen LogP contribution in [0.1, 0.15) is 37.5 Å². The molecule has 0 spiro atoms. The first-order valence-electron chi connectivity index (χ1n) is 15.3. The van der Waals surface area contributed by atoms with Gasteiger partial charge in [-0.25, -0.2) is 8.42 Å². The molecule has 4 aromatic carbocycles. The lowest BCUT2D eigenvalue weighted by atomic mass is 10.0. The number of rotatable bonds is 13. The molecule has 47 heavy (non-hydrogen) atoms. The number of ether oxygens (including phenoxy) is 2. The second-order valence-electron chi connectivity index (χ2n) is 12.3. The first-order chi connectivity index (χ1) is 22.3. The van der Waals surface area contributed by atoms with Gasteiger partial charge in [0.05, 0.1) is 24.8 Å². The van der Waals surface area contributed by atoms with E-state index < -0.39 is 34.1 Å². The van der Waals surface area contributed by atoms with E-state index in [1.54, 1.807) is 30.3 Å². The Labute approximate surface area is 278 Å². The van der Waals surface area contributed by atoms with Gasteiger partial charge in [0.15, 0.2) is 11.5 Å². The zero-order chi connectivity index (χ0) is 34.2. The van der Waals surface area contributed by atoms with Crippen LogP contribution in [0, 0.1) is 6.92 Å². The molecule has 0 heterocycles. The molecule has 0 aromatic heterocycles. The van der Waals surface area contributed by atoms with Crippen molar-refractivity contribution in [2.75, 3.05) is 25.1 Å². The molecular weight excluding hydrogens is 614 g/mol. The van der Waals surface area contributed by atoms with Gasteiger partial charge in [0, 0.05) is 24.6 Å². The minimum Gasteiger partial charge on any atom is -0.493 e. The van der Waals surface area contributed by atoms with Crippen LogP contribution in [0.4, 0.5) is 5.69 Å². The third-order valence-corrected chi connectivity index (χ3v) is 9.26. The Morgan fingerprint density at radius 1 is 0.787 bits per heavy atom. The predicted molar refractivity (Wildman–Crippen MR) is 184 cm³/mol. The third kappa shape index (κ3) is 9.13. The molecule has 10 heteroatoms. The molecule has 0 saturated carbocycles. The van der Waals surface area contributed by atoms with Crippen LogP contribution >= 0.6 is 0 Å². The number of sulfonamides is 1. The number of nitrogens with zero attached hydrogens (tertiary/aromatic N) is 2. The summed E-state index contributed by atoms with van der Waals surface area (Å²) in [6, 6.07) is 28.8. The summed E-state index contributed by atoms with van der Waals surface area (Å²) in [6.45, 7) is 7.09. The molecule has 0 aliphatic heterocycles. The lowest BCUT2D eigenvalue weighted by molar-refractivity contribution is -0.140. The highest BCUT2D eigenvalue weighted by atomic mass is 32.2. The van der Waals surface area contributed by atoms with Crippen LogP contribution in [0.15, 0.2) is 108 Å². The topological polar surface area (TPSA) is 105 Å². The molecule has 4 rings (SSSR count). The fourth-order valence-electron chi connectivity index (χ4n) is 5.24. The van der Waals surface area contributed by atoms with Gasteiger partial charge in [-0.05, 0) is 63.1 Å². The van der Waals surface area contributed by atoms with E-state index in [9.17, 15) is 18.0 Å². The number of aryl methyl sites for hydroxylation is 1. The fraction of sp³-hybridized carbons (Fsp3) is 0.297. The van der Waals surface area contributed by atoms with Crippen molar-refractivity contribution in [3.8, 4) is 11.5 Å². The number of hydrogen-bond donors (Lipinski definition) is 1. The van der Waals surface area contributed by atoms with Gasteiger partial charge in [0.2, 0.25) is 11.8 Å². The quantitative estimate of drug-likeness (QED) is 0.196. The molecule has 0 fully saturated rings. The second-order valence-corrected chi connectivity index (χ2v) is 14.2. The Morgan fingerprint density at radius 3 is 2.00 bits per heavy atom. The first kappa shape index (κ1) is 35.0. The van der Waals surface area contributed by atoms with E-state index in [4.69, 9.17) is 9.47 Å². The van der Waals surface area contributed by atoms with E-state index >= 15 is 0 Å². The molecule has 0 bridgehead atoms. The van der Waals surface area contributed by atoms with Gasteiger partial charge >= 0.3 is 0 Å². The van der Waals surface area contributed by atoms with Crippen molar-refractivity contribution in [3.05, 3.63) is 120 Å². The summed E-state index contributed by atoms with van der Waals surface area (Å²) in [5, 5.41) is 3.05. The van der Waals surface area contributed by atoms with Crippen LogP contribution in [-0.2, 0) is 32.6 Å². The maximum atomic E-state index is 14.7. The molecule has 248 valence electrons. The van der Waals surface area contributed by atoms with Crippen LogP contribution in [-0.4, -0.2) is 57.5 Å². The number of amides is 2. The summed E-state index contributed by atoms with van der Waals surface area (Å²) >= 11 is 0. The van der Waals surface area contributed by atoms with Crippen LogP contribution in [0.25, 0.3) is 0 Å². The van der Waals surface area contributed by atoms with Crippen molar-refractivity contribution in [1.29, 1.82) is 0 Å². The number of carbonyl (C=O) groups excluding carboxylic acids is 2.